The summed E-state index contributed by atoms with van der Waals surface area (Å²) in [5.41, 5.74) is 5.34. The Morgan fingerprint density at radius 3 is 3.00 bits per heavy atom. The third-order valence-electron chi connectivity index (χ3n) is 4.00. The molecule has 1 aliphatic carbocycles. The van der Waals surface area contributed by atoms with Crippen LogP contribution in [-0.2, 0) is 19.4 Å². The molecule has 21 heavy (non-hydrogen) atoms. The second kappa shape index (κ2) is 5.92. The summed E-state index contributed by atoms with van der Waals surface area (Å²) in [4.78, 5) is 8.78. The number of pyridine rings is 2. The first-order chi connectivity index (χ1) is 10.3. The van der Waals surface area contributed by atoms with E-state index in [0.29, 0.717) is 17.9 Å². The Bertz CT molecular complexity index is 700. The zero-order chi connectivity index (χ0) is 14.7. The van der Waals surface area contributed by atoms with E-state index in [1.807, 2.05) is 25.3 Å². The van der Waals surface area contributed by atoms with E-state index in [1.165, 1.54) is 24.0 Å². The summed E-state index contributed by atoms with van der Waals surface area (Å²) >= 11 is 0. The first-order valence-corrected chi connectivity index (χ1v) is 7.34. The number of aromatic nitrogens is 2. The van der Waals surface area contributed by atoms with Crippen molar-refractivity contribution >= 4 is 5.82 Å². The molecule has 2 aromatic heterocycles. The smallest absolute Gasteiger partial charge is 0.144 e. The normalized spacial score (nSPS) is 13.3. The van der Waals surface area contributed by atoms with E-state index < -0.39 is 0 Å². The van der Waals surface area contributed by atoms with Crippen molar-refractivity contribution in [3.05, 3.63) is 52.5 Å². The molecule has 0 bridgehead atoms. The minimum atomic E-state index is 0.641. The van der Waals surface area contributed by atoms with Crippen molar-refractivity contribution in [3.63, 3.8) is 0 Å². The van der Waals surface area contributed by atoms with Crippen molar-refractivity contribution in [1.82, 2.24) is 9.97 Å². The quantitative estimate of drug-likeness (QED) is 0.937. The minimum Gasteiger partial charge on any atom is -0.365 e. The number of aryl methyl sites for hydroxylation is 3. The topological polar surface area (TPSA) is 61.6 Å². The number of nitriles is 1. The van der Waals surface area contributed by atoms with Crippen molar-refractivity contribution in [2.24, 2.45) is 0 Å². The fraction of sp³-hybridized carbons (Fsp3) is 0.353. The zero-order valence-corrected chi connectivity index (χ0v) is 12.2. The molecule has 0 aromatic carbocycles. The first-order valence-electron chi connectivity index (χ1n) is 7.34. The number of fused-ring (bicyclic) bond motifs is 1. The van der Waals surface area contributed by atoms with Crippen LogP contribution in [0.1, 0.15) is 40.8 Å². The molecule has 0 saturated carbocycles. The summed E-state index contributed by atoms with van der Waals surface area (Å²) in [5.74, 6) is 0.703. The maximum atomic E-state index is 9.33. The number of rotatable bonds is 3. The lowest BCUT2D eigenvalue weighted by molar-refractivity contribution is 0.668. The number of anilines is 1. The molecule has 0 radical (unpaired) electrons. The lowest BCUT2D eigenvalue weighted by Crippen LogP contribution is -2.11. The standard InChI is InChI=1S/C17H18N4/c1-12-10-19-7-6-14(12)11-20-17-15(9-18)8-13-4-2-3-5-16(13)21-17/h6-8,10H,2-5,11H2,1H3,(H,20,21). The van der Waals surface area contributed by atoms with Crippen molar-refractivity contribution in [2.45, 2.75) is 39.2 Å². The van der Waals surface area contributed by atoms with Gasteiger partial charge in [0.2, 0.25) is 0 Å². The number of nitrogens with zero attached hydrogens (tertiary/aromatic N) is 3. The van der Waals surface area contributed by atoms with Gasteiger partial charge in [-0.1, -0.05) is 0 Å². The fourth-order valence-corrected chi connectivity index (χ4v) is 2.73. The highest BCUT2D eigenvalue weighted by Gasteiger charge is 2.15. The molecular weight excluding hydrogens is 260 g/mol. The van der Waals surface area contributed by atoms with Crippen molar-refractivity contribution < 1.29 is 0 Å². The Morgan fingerprint density at radius 2 is 2.19 bits per heavy atom. The van der Waals surface area contributed by atoms with Crippen molar-refractivity contribution in [3.8, 4) is 6.07 Å². The summed E-state index contributed by atoms with van der Waals surface area (Å²) in [5, 5.41) is 12.6. The van der Waals surface area contributed by atoms with Crippen LogP contribution < -0.4 is 5.32 Å². The molecule has 4 heteroatoms. The van der Waals surface area contributed by atoms with Gasteiger partial charge in [-0.25, -0.2) is 4.98 Å². The van der Waals surface area contributed by atoms with Gasteiger partial charge in [-0.05, 0) is 61.4 Å². The molecular formula is C17H18N4. The molecule has 0 amide bonds. The second-order valence-corrected chi connectivity index (χ2v) is 5.46. The maximum absolute atomic E-state index is 9.33. The SMILES string of the molecule is Cc1cnccc1CNc1nc2c(cc1C#N)CCCC2. The van der Waals surface area contributed by atoms with E-state index >= 15 is 0 Å². The number of hydrogen-bond donors (Lipinski definition) is 1. The molecule has 106 valence electrons. The molecule has 2 aromatic rings. The van der Waals surface area contributed by atoms with Gasteiger partial charge < -0.3 is 5.32 Å². The Morgan fingerprint density at radius 1 is 1.33 bits per heavy atom. The molecule has 0 fully saturated rings. The van der Waals surface area contributed by atoms with Gasteiger partial charge in [-0.3, -0.25) is 4.98 Å². The molecule has 0 aliphatic heterocycles. The lowest BCUT2D eigenvalue weighted by Gasteiger charge is -2.17. The van der Waals surface area contributed by atoms with Gasteiger partial charge in [-0.15, -0.1) is 0 Å². The number of hydrogen-bond acceptors (Lipinski definition) is 4. The molecule has 1 aliphatic rings. The summed E-state index contributed by atoms with van der Waals surface area (Å²) in [6, 6.07) is 6.26. The highest BCUT2D eigenvalue weighted by Crippen LogP contribution is 2.24. The van der Waals surface area contributed by atoms with Crippen LogP contribution in [0.3, 0.4) is 0 Å². The third kappa shape index (κ3) is 2.87. The van der Waals surface area contributed by atoms with E-state index in [2.05, 4.69) is 21.4 Å². The predicted octanol–water partition coefficient (Wildman–Crippen LogP) is 3.15. The molecule has 0 spiro atoms. The Hall–Kier alpha value is -2.41. The average Bonchev–Trinajstić information content (AvgIpc) is 2.53. The first kappa shape index (κ1) is 13.6. The van der Waals surface area contributed by atoms with Gasteiger partial charge in [0.15, 0.2) is 0 Å². The van der Waals surface area contributed by atoms with E-state index in [0.717, 1.165) is 24.1 Å². The van der Waals surface area contributed by atoms with Crippen LogP contribution in [-0.4, -0.2) is 9.97 Å². The monoisotopic (exact) mass is 278 g/mol. The van der Waals surface area contributed by atoms with Gasteiger partial charge in [-0.2, -0.15) is 5.26 Å². The summed E-state index contributed by atoms with van der Waals surface area (Å²) in [7, 11) is 0. The van der Waals surface area contributed by atoms with E-state index in [9.17, 15) is 5.26 Å². The van der Waals surface area contributed by atoms with Gasteiger partial charge in [0.25, 0.3) is 0 Å². The van der Waals surface area contributed by atoms with Crippen LogP contribution >= 0.6 is 0 Å². The van der Waals surface area contributed by atoms with Crippen molar-refractivity contribution in [2.75, 3.05) is 5.32 Å². The zero-order valence-electron chi connectivity index (χ0n) is 12.2. The molecule has 0 unspecified atom stereocenters. The summed E-state index contributed by atoms with van der Waals surface area (Å²) in [6.07, 6.45) is 8.08. The number of nitrogens with one attached hydrogen (secondary N) is 1. The van der Waals surface area contributed by atoms with Crippen LogP contribution in [0, 0.1) is 18.3 Å². The maximum Gasteiger partial charge on any atom is 0.144 e. The highest BCUT2D eigenvalue weighted by molar-refractivity contribution is 5.55. The summed E-state index contributed by atoms with van der Waals surface area (Å²) < 4.78 is 0. The van der Waals surface area contributed by atoms with Crippen LogP contribution in [0.5, 0.6) is 0 Å². The molecule has 2 heterocycles. The Kier molecular flexibility index (Phi) is 3.83. The fourth-order valence-electron chi connectivity index (χ4n) is 2.73. The Balaban J connectivity index is 1.85. The molecule has 1 N–H and O–H groups in total. The highest BCUT2D eigenvalue weighted by atomic mass is 15.0. The van der Waals surface area contributed by atoms with E-state index in [4.69, 9.17) is 0 Å². The minimum absolute atomic E-state index is 0.641. The van der Waals surface area contributed by atoms with Gasteiger partial charge in [0, 0.05) is 24.6 Å². The van der Waals surface area contributed by atoms with Crippen molar-refractivity contribution in [1.29, 1.82) is 5.26 Å². The van der Waals surface area contributed by atoms with Gasteiger partial charge in [0.1, 0.15) is 11.9 Å². The molecule has 0 atom stereocenters. The van der Waals surface area contributed by atoms with E-state index in [1.54, 1.807) is 6.20 Å². The second-order valence-electron chi connectivity index (χ2n) is 5.46. The van der Waals surface area contributed by atoms with Gasteiger partial charge in [0.05, 0.1) is 5.56 Å². The average molecular weight is 278 g/mol. The molecule has 3 rings (SSSR count). The van der Waals surface area contributed by atoms with E-state index in [-0.39, 0.29) is 0 Å². The third-order valence-corrected chi connectivity index (χ3v) is 4.00. The van der Waals surface area contributed by atoms with Crippen LogP contribution in [0.4, 0.5) is 5.82 Å². The predicted molar refractivity (Wildman–Crippen MR) is 81.9 cm³/mol. The van der Waals surface area contributed by atoms with Crippen LogP contribution in [0.2, 0.25) is 0 Å². The lowest BCUT2D eigenvalue weighted by atomic mass is 9.95. The summed E-state index contributed by atoms with van der Waals surface area (Å²) in [6.45, 7) is 2.70. The van der Waals surface area contributed by atoms with Gasteiger partial charge >= 0.3 is 0 Å². The molecule has 4 nitrogen and oxygen atoms in total. The molecule has 0 saturated heterocycles. The largest absolute Gasteiger partial charge is 0.365 e. The Labute approximate surface area is 124 Å². The van der Waals surface area contributed by atoms with Crippen LogP contribution in [0.15, 0.2) is 24.5 Å². The van der Waals surface area contributed by atoms with Crippen LogP contribution in [0.25, 0.3) is 0 Å².